The molecule has 2 rings (SSSR count). The molecule has 0 spiro atoms. The van der Waals surface area contributed by atoms with Crippen LogP contribution in [-0.2, 0) is 0 Å². The monoisotopic (exact) mass is 273 g/mol. The Hall–Kier alpha value is -1.84. The summed E-state index contributed by atoms with van der Waals surface area (Å²) < 4.78 is 5.96. The minimum Gasteiger partial charge on any atom is -0.474 e. The van der Waals surface area contributed by atoms with E-state index in [1.54, 1.807) is 0 Å². The highest BCUT2D eigenvalue weighted by Crippen LogP contribution is 2.25. The number of hydrogen-bond acceptors (Lipinski definition) is 4. The summed E-state index contributed by atoms with van der Waals surface area (Å²) in [6.07, 6.45) is 7.75. The highest BCUT2D eigenvalue weighted by molar-refractivity contribution is 5.86. The summed E-state index contributed by atoms with van der Waals surface area (Å²) in [5.74, 6) is 0.630. The molecule has 0 aliphatic carbocycles. The topological polar surface area (TPSA) is 61.0 Å². The molecule has 0 amide bonds. The van der Waals surface area contributed by atoms with Crippen LogP contribution in [0.2, 0.25) is 0 Å². The van der Waals surface area contributed by atoms with Gasteiger partial charge in [-0.1, -0.05) is 26.2 Å². The quantitative estimate of drug-likeness (QED) is 0.613. The molecule has 2 N–H and O–H groups in total. The van der Waals surface area contributed by atoms with Crippen molar-refractivity contribution >= 4 is 16.6 Å². The number of hydrogen-bond donors (Lipinski definition) is 1. The van der Waals surface area contributed by atoms with Crippen molar-refractivity contribution in [2.45, 2.75) is 52.1 Å². The van der Waals surface area contributed by atoms with E-state index in [4.69, 9.17) is 10.5 Å². The Morgan fingerprint density at radius 2 is 2.05 bits per heavy atom. The fourth-order valence-corrected chi connectivity index (χ4v) is 2.25. The van der Waals surface area contributed by atoms with Gasteiger partial charge in [-0.25, -0.2) is 9.97 Å². The fraction of sp³-hybridized carbons (Fsp3) is 0.500. The van der Waals surface area contributed by atoms with E-state index in [0.29, 0.717) is 11.6 Å². The number of nitrogens with two attached hydrogens (primary N) is 1. The Morgan fingerprint density at radius 3 is 2.85 bits per heavy atom. The zero-order valence-electron chi connectivity index (χ0n) is 12.3. The maximum atomic E-state index is 5.96. The van der Waals surface area contributed by atoms with E-state index in [2.05, 4.69) is 23.8 Å². The first-order chi connectivity index (χ1) is 9.70. The largest absolute Gasteiger partial charge is 0.474 e. The van der Waals surface area contributed by atoms with E-state index in [9.17, 15) is 0 Å². The van der Waals surface area contributed by atoms with Crippen molar-refractivity contribution in [2.75, 3.05) is 5.73 Å². The lowest BCUT2D eigenvalue weighted by Gasteiger charge is -2.15. The Morgan fingerprint density at radius 1 is 1.20 bits per heavy atom. The van der Waals surface area contributed by atoms with Gasteiger partial charge in [0.05, 0.1) is 17.0 Å². The van der Waals surface area contributed by atoms with Gasteiger partial charge in [-0.2, -0.15) is 0 Å². The van der Waals surface area contributed by atoms with Crippen LogP contribution < -0.4 is 10.5 Å². The zero-order valence-corrected chi connectivity index (χ0v) is 12.3. The number of nitrogens with zero attached hydrogens (tertiary/aromatic N) is 2. The molecule has 0 fully saturated rings. The number of aromatic nitrogens is 2. The molecule has 1 heterocycles. The third-order valence-electron chi connectivity index (χ3n) is 3.40. The van der Waals surface area contributed by atoms with E-state index in [0.717, 1.165) is 17.3 Å². The highest BCUT2D eigenvalue weighted by atomic mass is 16.5. The van der Waals surface area contributed by atoms with Crippen LogP contribution in [0.25, 0.3) is 10.9 Å². The molecule has 20 heavy (non-hydrogen) atoms. The Labute approximate surface area is 120 Å². The molecule has 0 saturated heterocycles. The van der Waals surface area contributed by atoms with Crippen molar-refractivity contribution in [3.05, 3.63) is 24.5 Å². The number of fused-ring (bicyclic) bond motifs is 1. The summed E-state index contributed by atoms with van der Waals surface area (Å²) in [6, 6.07) is 5.60. The number of anilines is 1. The first-order valence-electron chi connectivity index (χ1n) is 7.37. The Bertz CT molecular complexity index is 556. The summed E-state index contributed by atoms with van der Waals surface area (Å²) in [5.41, 5.74) is 7.39. The predicted octanol–water partition coefficient (Wildman–Crippen LogP) is 3.95. The van der Waals surface area contributed by atoms with Gasteiger partial charge in [0, 0.05) is 5.69 Å². The van der Waals surface area contributed by atoms with E-state index in [-0.39, 0.29) is 6.10 Å². The summed E-state index contributed by atoms with van der Waals surface area (Å²) in [6.45, 7) is 4.31. The smallest absolute Gasteiger partial charge is 0.224 e. The minimum absolute atomic E-state index is 0.159. The number of ether oxygens (including phenoxy) is 1. The molecule has 2 aromatic rings. The summed E-state index contributed by atoms with van der Waals surface area (Å²) in [4.78, 5) is 8.47. The van der Waals surface area contributed by atoms with Gasteiger partial charge < -0.3 is 10.5 Å². The normalized spacial score (nSPS) is 12.5. The van der Waals surface area contributed by atoms with Gasteiger partial charge in [0.25, 0.3) is 0 Å². The van der Waals surface area contributed by atoms with Crippen LogP contribution in [0.1, 0.15) is 46.0 Å². The molecule has 0 saturated carbocycles. The van der Waals surface area contributed by atoms with Crippen LogP contribution in [0.5, 0.6) is 5.88 Å². The van der Waals surface area contributed by atoms with Gasteiger partial charge >= 0.3 is 0 Å². The second-order valence-electron chi connectivity index (χ2n) is 5.23. The lowest BCUT2D eigenvalue weighted by molar-refractivity contribution is 0.201. The van der Waals surface area contributed by atoms with Crippen LogP contribution >= 0.6 is 0 Å². The molecule has 1 aromatic heterocycles. The molecule has 4 nitrogen and oxygen atoms in total. The number of benzene rings is 1. The van der Waals surface area contributed by atoms with Gasteiger partial charge in [-0.05, 0) is 38.0 Å². The second kappa shape index (κ2) is 7.08. The van der Waals surface area contributed by atoms with E-state index in [1.807, 2.05) is 18.2 Å². The van der Waals surface area contributed by atoms with Crippen molar-refractivity contribution < 1.29 is 4.74 Å². The van der Waals surface area contributed by atoms with Crippen molar-refractivity contribution in [1.82, 2.24) is 9.97 Å². The summed E-state index contributed by atoms with van der Waals surface area (Å²) >= 11 is 0. The second-order valence-corrected chi connectivity index (χ2v) is 5.23. The third-order valence-corrected chi connectivity index (χ3v) is 3.40. The molecule has 108 valence electrons. The van der Waals surface area contributed by atoms with Crippen molar-refractivity contribution in [3.63, 3.8) is 0 Å². The summed E-state index contributed by atoms with van der Waals surface area (Å²) in [7, 11) is 0. The van der Waals surface area contributed by atoms with Gasteiger partial charge in [0.2, 0.25) is 5.88 Å². The maximum absolute atomic E-state index is 5.96. The molecule has 0 aliphatic rings. The van der Waals surface area contributed by atoms with E-state index >= 15 is 0 Å². The van der Waals surface area contributed by atoms with Crippen molar-refractivity contribution in [3.8, 4) is 5.88 Å². The van der Waals surface area contributed by atoms with Crippen molar-refractivity contribution in [1.29, 1.82) is 0 Å². The van der Waals surface area contributed by atoms with Crippen LogP contribution in [-0.4, -0.2) is 16.1 Å². The molecule has 0 radical (unpaired) electrons. The van der Waals surface area contributed by atoms with E-state index in [1.165, 1.54) is 32.0 Å². The highest BCUT2D eigenvalue weighted by Gasteiger charge is 2.09. The maximum Gasteiger partial charge on any atom is 0.224 e. The zero-order chi connectivity index (χ0) is 14.4. The van der Waals surface area contributed by atoms with Crippen LogP contribution in [0, 0.1) is 0 Å². The number of unbranched alkanes of at least 4 members (excludes halogenated alkanes) is 3. The number of rotatable bonds is 7. The lowest BCUT2D eigenvalue weighted by Crippen LogP contribution is -2.12. The Balaban J connectivity index is 2.03. The van der Waals surface area contributed by atoms with Gasteiger partial charge in [-0.15, -0.1) is 0 Å². The predicted molar refractivity (Wildman–Crippen MR) is 82.8 cm³/mol. The van der Waals surface area contributed by atoms with Crippen molar-refractivity contribution in [2.24, 2.45) is 0 Å². The van der Waals surface area contributed by atoms with Gasteiger partial charge in [-0.3, -0.25) is 0 Å². The van der Waals surface area contributed by atoms with Crippen LogP contribution in [0.3, 0.4) is 0 Å². The third kappa shape index (κ3) is 3.83. The molecule has 1 atom stereocenters. The lowest BCUT2D eigenvalue weighted by atomic mass is 10.1. The first-order valence-corrected chi connectivity index (χ1v) is 7.37. The molecular weight excluding hydrogens is 250 g/mol. The van der Waals surface area contributed by atoms with Crippen LogP contribution in [0.15, 0.2) is 24.5 Å². The number of nitrogen functional groups attached to an aromatic ring is 1. The SMILES string of the molecule is CCCCCCC(C)Oc1ncnc2ccc(N)cc12. The average Bonchev–Trinajstić information content (AvgIpc) is 2.44. The van der Waals surface area contributed by atoms with Gasteiger partial charge in [0.15, 0.2) is 0 Å². The van der Waals surface area contributed by atoms with Crippen LogP contribution in [0.4, 0.5) is 5.69 Å². The van der Waals surface area contributed by atoms with E-state index < -0.39 is 0 Å². The van der Waals surface area contributed by atoms with Gasteiger partial charge in [0.1, 0.15) is 6.33 Å². The Kier molecular flexibility index (Phi) is 5.16. The molecule has 4 heteroatoms. The minimum atomic E-state index is 0.159. The molecule has 0 bridgehead atoms. The fourth-order valence-electron chi connectivity index (χ4n) is 2.25. The standard InChI is InChI=1S/C16H23N3O/c1-3-4-5-6-7-12(2)20-16-14-10-13(17)8-9-15(14)18-11-19-16/h8-12H,3-7,17H2,1-2H3. The molecule has 0 aliphatic heterocycles. The molecular formula is C16H23N3O. The first kappa shape index (κ1) is 14.6. The molecule has 1 unspecified atom stereocenters. The molecule has 1 aromatic carbocycles. The average molecular weight is 273 g/mol. The summed E-state index contributed by atoms with van der Waals surface area (Å²) in [5, 5.41) is 0.882.